The first kappa shape index (κ1) is 12.4. The van der Waals surface area contributed by atoms with Crippen molar-refractivity contribution in [3.8, 4) is 5.75 Å². The number of nitrogens with two attached hydrogens (primary N) is 1. The summed E-state index contributed by atoms with van der Waals surface area (Å²) in [7, 11) is 0. The fraction of sp³-hybridized carbons (Fsp3) is 0.111. The van der Waals surface area contributed by atoms with Crippen molar-refractivity contribution in [1.82, 2.24) is 0 Å². The van der Waals surface area contributed by atoms with Gasteiger partial charge in [-0.25, -0.2) is 4.79 Å². The van der Waals surface area contributed by atoms with Gasteiger partial charge >= 0.3 is 11.8 Å². The quantitative estimate of drug-likeness (QED) is 0.406. The van der Waals surface area contributed by atoms with E-state index in [-0.39, 0.29) is 17.7 Å². The molecule has 90 valence electrons. The van der Waals surface area contributed by atoms with Crippen LogP contribution in [-0.4, -0.2) is 22.3 Å². The summed E-state index contributed by atoms with van der Waals surface area (Å²) in [6.07, 6.45) is -0.257. The van der Waals surface area contributed by atoms with Gasteiger partial charge in [-0.3, -0.25) is 10.1 Å². The van der Waals surface area contributed by atoms with Crippen LogP contribution in [0.2, 0.25) is 0 Å². The van der Waals surface area contributed by atoms with Crippen molar-refractivity contribution in [3.05, 3.63) is 33.4 Å². The number of ether oxygens (including phenoxy) is 1. The third-order valence-electron chi connectivity index (χ3n) is 1.91. The van der Waals surface area contributed by atoms with E-state index in [2.05, 4.69) is 4.74 Å². The minimum absolute atomic E-state index is 0.0396. The maximum absolute atomic E-state index is 10.6. The van der Waals surface area contributed by atoms with Gasteiger partial charge < -0.3 is 21.0 Å². The highest BCUT2D eigenvalue weighted by Gasteiger charge is 2.18. The minimum atomic E-state index is -1.02. The number of benzene rings is 1. The van der Waals surface area contributed by atoms with E-state index in [1.54, 1.807) is 0 Å². The van der Waals surface area contributed by atoms with Gasteiger partial charge in [0.1, 0.15) is 6.61 Å². The van der Waals surface area contributed by atoms with Gasteiger partial charge in [-0.2, -0.15) is 0 Å². The number of nitro groups is 1. The molecule has 0 radical (unpaired) electrons. The van der Waals surface area contributed by atoms with Gasteiger partial charge in [0.2, 0.25) is 5.75 Å². The molecule has 8 nitrogen and oxygen atoms in total. The molecule has 1 aromatic rings. The fourth-order valence-electron chi connectivity index (χ4n) is 1.19. The molecule has 0 spiro atoms. The zero-order valence-electron chi connectivity index (χ0n) is 8.54. The topological polar surface area (TPSA) is 140 Å². The number of phenols is 1. The summed E-state index contributed by atoms with van der Waals surface area (Å²) in [6, 6.07) is 2.34. The molecule has 1 amide bonds. The van der Waals surface area contributed by atoms with Crippen LogP contribution in [0.5, 0.6) is 5.75 Å². The second-order valence-corrected chi connectivity index (χ2v) is 3.06. The molecule has 17 heavy (non-hydrogen) atoms. The molecule has 0 unspecified atom stereocenters. The maximum atomic E-state index is 10.6. The Hall–Kier alpha value is -2.64. The molecule has 0 saturated carbocycles. The Morgan fingerprint density at radius 3 is 2.76 bits per heavy atom. The molecule has 0 aliphatic carbocycles. The minimum Gasteiger partial charge on any atom is -0.502 e. The lowest BCUT2D eigenvalue weighted by Gasteiger charge is -2.05. The number of nitrogens with one attached hydrogen (secondary N) is 1. The van der Waals surface area contributed by atoms with E-state index in [1.807, 2.05) is 0 Å². The van der Waals surface area contributed by atoms with Gasteiger partial charge in [0, 0.05) is 17.8 Å². The molecular weight excluding hydrogens is 230 g/mol. The summed E-state index contributed by atoms with van der Waals surface area (Å²) in [5.74, 6) is -0.604. The number of carbonyl (C=O) groups is 1. The fourth-order valence-corrected chi connectivity index (χ4v) is 1.19. The van der Waals surface area contributed by atoms with Crippen LogP contribution < -0.4 is 5.73 Å². The van der Waals surface area contributed by atoms with E-state index in [0.717, 1.165) is 12.3 Å². The summed E-state index contributed by atoms with van der Waals surface area (Å²) in [5.41, 5.74) is 4.41. The lowest BCUT2D eigenvalue weighted by Crippen LogP contribution is -2.12. The highest BCUT2D eigenvalue weighted by molar-refractivity contribution is 5.84. The van der Waals surface area contributed by atoms with E-state index < -0.39 is 22.5 Å². The zero-order chi connectivity index (χ0) is 13.0. The number of primary amides is 1. The number of phenolic OH excluding ortho intramolecular Hbond substituents is 1. The lowest BCUT2D eigenvalue weighted by atomic mass is 10.1. The van der Waals surface area contributed by atoms with Crippen molar-refractivity contribution in [1.29, 1.82) is 5.41 Å². The van der Waals surface area contributed by atoms with Gasteiger partial charge in [-0.05, 0) is 11.6 Å². The number of amides is 1. The maximum Gasteiger partial charge on any atom is 0.404 e. The molecule has 4 N–H and O–H groups in total. The summed E-state index contributed by atoms with van der Waals surface area (Å²) in [6.45, 7) is -0.267. The Kier molecular flexibility index (Phi) is 3.60. The number of nitrogens with zero attached hydrogens (tertiary/aromatic N) is 1. The highest BCUT2D eigenvalue weighted by Crippen LogP contribution is 2.30. The smallest absolute Gasteiger partial charge is 0.404 e. The molecule has 0 aromatic heterocycles. The van der Waals surface area contributed by atoms with Crippen LogP contribution in [0.3, 0.4) is 0 Å². The second kappa shape index (κ2) is 4.92. The first-order chi connectivity index (χ1) is 7.95. The summed E-state index contributed by atoms with van der Waals surface area (Å²) < 4.78 is 4.46. The van der Waals surface area contributed by atoms with Crippen LogP contribution in [0, 0.1) is 15.5 Å². The Labute approximate surface area is 95.3 Å². The van der Waals surface area contributed by atoms with Gasteiger partial charge in [0.05, 0.1) is 4.92 Å². The first-order valence-corrected chi connectivity index (χ1v) is 4.38. The van der Waals surface area contributed by atoms with Crippen LogP contribution in [0.4, 0.5) is 10.5 Å². The zero-order valence-corrected chi connectivity index (χ0v) is 8.54. The monoisotopic (exact) mass is 239 g/mol. The van der Waals surface area contributed by atoms with Crippen molar-refractivity contribution in [2.45, 2.75) is 6.61 Å². The first-order valence-electron chi connectivity index (χ1n) is 4.38. The van der Waals surface area contributed by atoms with Crippen LogP contribution >= 0.6 is 0 Å². The molecular formula is C9H9N3O5. The molecule has 1 rings (SSSR count). The Morgan fingerprint density at radius 1 is 1.65 bits per heavy atom. The molecule has 0 atom stereocenters. The molecule has 0 aliphatic heterocycles. The van der Waals surface area contributed by atoms with E-state index >= 15 is 0 Å². The predicted octanol–water partition coefficient (Wildman–Crippen LogP) is 0.893. The summed E-state index contributed by atoms with van der Waals surface area (Å²) in [5, 5.41) is 27.0. The van der Waals surface area contributed by atoms with E-state index in [4.69, 9.17) is 11.1 Å². The summed E-state index contributed by atoms with van der Waals surface area (Å²) in [4.78, 5) is 20.2. The number of hydrogen-bond acceptors (Lipinski definition) is 6. The second-order valence-electron chi connectivity index (χ2n) is 3.06. The van der Waals surface area contributed by atoms with Crippen molar-refractivity contribution < 1.29 is 19.6 Å². The number of rotatable bonds is 4. The average molecular weight is 239 g/mol. The molecule has 1 aromatic carbocycles. The van der Waals surface area contributed by atoms with Crippen molar-refractivity contribution in [2.24, 2.45) is 5.73 Å². The van der Waals surface area contributed by atoms with Gasteiger partial charge in [-0.15, -0.1) is 0 Å². The Bertz CT molecular complexity index is 486. The number of hydrogen-bond donors (Lipinski definition) is 3. The molecule has 0 aliphatic rings. The predicted molar refractivity (Wildman–Crippen MR) is 57.0 cm³/mol. The number of carbonyl (C=O) groups excluding carboxylic acids is 1. The highest BCUT2D eigenvalue weighted by atomic mass is 16.6. The van der Waals surface area contributed by atoms with Crippen LogP contribution in [0.1, 0.15) is 11.1 Å². The Balaban J connectivity index is 3.15. The van der Waals surface area contributed by atoms with E-state index in [9.17, 15) is 20.0 Å². The number of aromatic hydroxyl groups is 1. The van der Waals surface area contributed by atoms with Crippen LogP contribution in [-0.2, 0) is 11.3 Å². The van der Waals surface area contributed by atoms with Crippen molar-refractivity contribution in [2.75, 3.05) is 0 Å². The van der Waals surface area contributed by atoms with Gasteiger partial charge in [0.25, 0.3) is 0 Å². The third kappa shape index (κ3) is 2.91. The molecule has 0 bridgehead atoms. The average Bonchev–Trinajstić information content (AvgIpc) is 2.27. The van der Waals surface area contributed by atoms with Crippen LogP contribution in [0.15, 0.2) is 12.1 Å². The SMILES string of the molecule is N=Cc1cc(COC(N)=O)cc([N+](=O)[O-])c1O. The van der Waals surface area contributed by atoms with Gasteiger partial charge in [-0.1, -0.05) is 0 Å². The third-order valence-corrected chi connectivity index (χ3v) is 1.91. The molecule has 0 fully saturated rings. The van der Waals surface area contributed by atoms with E-state index in [1.165, 1.54) is 6.07 Å². The molecule has 0 heterocycles. The van der Waals surface area contributed by atoms with Gasteiger partial charge in [0.15, 0.2) is 0 Å². The largest absolute Gasteiger partial charge is 0.502 e. The van der Waals surface area contributed by atoms with E-state index in [0.29, 0.717) is 0 Å². The summed E-state index contributed by atoms with van der Waals surface area (Å²) >= 11 is 0. The normalized spacial score (nSPS) is 9.65. The van der Waals surface area contributed by atoms with Crippen molar-refractivity contribution >= 4 is 18.0 Å². The Morgan fingerprint density at radius 2 is 2.29 bits per heavy atom. The standard InChI is InChI=1S/C9H9N3O5/c10-3-6-1-5(4-17-9(11)14)2-7(8(6)13)12(15)16/h1-3,10,13H,4H2,(H2,11,14). The van der Waals surface area contributed by atoms with Crippen LogP contribution in [0.25, 0.3) is 0 Å². The number of nitro benzene ring substituents is 1. The molecule has 8 heteroatoms. The lowest BCUT2D eigenvalue weighted by molar-refractivity contribution is -0.386. The molecule has 0 saturated heterocycles. The van der Waals surface area contributed by atoms with Crippen molar-refractivity contribution in [3.63, 3.8) is 0 Å².